The average Bonchev–Trinajstić information content (AvgIpc) is 3.13. The number of benzene rings is 2. The summed E-state index contributed by atoms with van der Waals surface area (Å²) in [7, 11) is 0. The van der Waals surface area contributed by atoms with Crippen molar-refractivity contribution < 1.29 is 18.0 Å². The van der Waals surface area contributed by atoms with Gasteiger partial charge in [0.05, 0.1) is 0 Å². The molecular formula is C20H22F3N3O. The number of carbonyl (C=O) groups is 1. The molecule has 0 bridgehead atoms. The lowest BCUT2D eigenvalue weighted by molar-refractivity contribution is 0.239. The molecule has 0 spiro atoms. The van der Waals surface area contributed by atoms with Gasteiger partial charge in [0, 0.05) is 37.9 Å². The Labute approximate surface area is 156 Å². The van der Waals surface area contributed by atoms with E-state index in [-0.39, 0.29) is 17.8 Å². The first-order valence-corrected chi connectivity index (χ1v) is 8.98. The number of carbonyl (C=O) groups excluding carboxylic acids is 1. The highest BCUT2D eigenvalue weighted by molar-refractivity contribution is 5.73. The lowest BCUT2D eigenvalue weighted by atomic mass is 10.1. The standard InChI is InChI=1S/C20H22F3N3O/c21-17-4-2-1-3-15(17)7-9-24-20(27)25-12-14-8-10-26(13-14)16-5-6-18(22)19(23)11-16/h1-6,11,14H,7-10,12-13H2,(H2,24,25,27). The molecule has 0 aliphatic carbocycles. The Bertz CT molecular complexity index is 800. The quantitative estimate of drug-likeness (QED) is 0.810. The van der Waals surface area contributed by atoms with E-state index in [1.807, 2.05) is 4.90 Å². The van der Waals surface area contributed by atoms with Gasteiger partial charge in [0.2, 0.25) is 0 Å². The molecule has 1 aliphatic rings. The van der Waals surface area contributed by atoms with Crippen molar-refractivity contribution >= 4 is 11.7 Å². The van der Waals surface area contributed by atoms with E-state index in [1.165, 1.54) is 12.1 Å². The summed E-state index contributed by atoms with van der Waals surface area (Å²) >= 11 is 0. The second-order valence-corrected chi connectivity index (χ2v) is 6.68. The summed E-state index contributed by atoms with van der Waals surface area (Å²) in [5, 5.41) is 5.53. The third-order valence-corrected chi connectivity index (χ3v) is 4.74. The molecular weight excluding hydrogens is 355 g/mol. The van der Waals surface area contributed by atoms with Crippen LogP contribution in [-0.4, -0.2) is 32.2 Å². The smallest absolute Gasteiger partial charge is 0.314 e. The van der Waals surface area contributed by atoms with Crippen LogP contribution in [0.5, 0.6) is 0 Å². The highest BCUT2D eigenvalue weighted by Crippen LogP contribution is 2.24. The Balaban J connectivity index is 1.38. The van der Waals surface area contributed by atoms with Crippen LogP contribution in [0.15, 0.2) is 42.5 Å². The van der Waals surface area contributed by atoms with Gasteiger partial charge in [0.25, 0.3) is 0 Å². The van der Waals surface area contributed by atoms with Crippen molar-refractivity contribution in [1.82, 2.24) is 10.6 Å². The fourth-order valence-electron chi connectivity index (χ4n) is 3.23. The molecule has 2 amide bonds. The zero-order chi connectivity index (χ0) is 19.2. The van der Waals surface area contributed by atoms with Gasteiger partial charge in [-0.05, 0) is 42.5 Å². The lowest BCUT2D eigenvalue weighted by Crippen LogP contribution is -2.39. The minimum absolute atomic E-state index is 0.232. The molecule has 1 atom stereocenters. The number of amides is 2. The van der Waals surface area contributed by atoms with E-state index >= 15 is 0 Å². The third-order valence-electron chi connectivity index (χ3n) is 4.74. The molecule has 2 aromatic rings. The lowest BCUT2D eigenvalue weighted by Gasteiger charge is -2.19. The summed E-state index contributed by atoms with van der Waals surface area (Å²) in [5.41, 5.74) is 1.21. The Morgan fingerprint density at radius 1 is 1.04 bits per heavy atom. The number of urea groups is 1. The maximum atomic E-state index is 13.5. The molecule has 1 aliphatic heterocycles. The molecule has 27 heavy (non-hydrogen) atoms. The fraction of sp³-hybridized carbons (Fsp3) is 0.350. The van der Waals surface area contributed by atoms with Gasteiger partial charge in [0.15, 0.2) is 11.6 Å². The average molecular weight is 377 g/mol. The molecule has 0 saturated carbocycles. The Hall–Kier alpha value is -2.70. The molecule has 144 valence electrons. The molecule has 1 fully saturated rings. The van der Waals surface area contributed by atoms with E-state index in [0.29, 0.717) is 37.3 Å². The molecule has 1 saturated heterocycles. The summed E-state index contributed by atoms with van der Waals surface area (Å²) in [6.07, 6.45) is 1.28. The van der Waals surface area contributed by atoms with Crippen LogP contribution in [0.25, 0.3) is 0 Å². The van der Waals surface area contributed by atoms with Gasteiger partial charge in [-0.1, -0.05) is 18.2 Å². The largest absolute Gasteiger partial charge is 0.371 e. The van der Waals surface area contributed by atoms with Crippen LogP contribution in [-0.2, 0) is 6.42 Å². The zero-order valence-corrected chi connectivity index (χ0v) is 14.9. The molecule has 1 heterocycles. The summed E-state index contributed by atoms with van der Waals surface area (Å²) in [5.74, 6) is -1.76. The minimum atomic E-state index is -0.858. The van der Waals surface area contributed by atoms with Crippen molar-refractivity contribution in [2.45, 2.75) is 12.8 Å². The van der Waals surface area contributed by atoms with E-state index in [2.05, 4.69) is 10.6 Å². The summed E-state index contributed by atoms with van der Waals surface area (Å²) in [4.78, 5) is 13.9. The number of halogens is 3. The van der Waals surface area contributed by atoms with Gasteiger partial charge in [-0.25, -0.2) is 18.0 Å². The molecule has 7 heteroatoms. The maximum absolute atomic E-state index is 13.5. The topological polar surface area (TPSA) is 44.4 Å². The van der Waals surface area contributed by atoms with Gasteiger partial charge in [-0.2, -0.15) is 0 Å². The van der Waals surface area contributed by atoms with E-state index < -0.39 is 11.6 Å². The zero-order valence-electron chi connectivity index (χ0n) is 14.9. The number of anilines is 1. The van der Waals surface area contributed by atoms with Crippen molar-refractivity contribution in [3.05, 3.63) is 65.5 Å². The predicted octanol–water partition coefficient (Wildman–Crippen LogP) is 3.47. The highest BCUT2D eigenvalue weighted by atomic mass is 19.2. The monoisotopic (exact) mass is 377 g/mol. The van der Waals surface area contributed by atoms with E-state index in [9.17, 15) is 18.0 Å². The van der Waals surface area contributed by atoms with E-state index in [1.54, 1.807) is 24.3 Å². The number of hydrogen-bond donors (Lipinski definition) is 2. The molecule has 2 N–H and O–H groups in total. The van der Waals surface area contributed by atoms with Gasteiger partial charge in [-0.15, -0.1) is 0 Å². The summed E-state index contributed by atoms with van der Waals surface area (Å²) < 4.78 is 39.9. The van der Waals surface area contributed by atoms with Gasteiger partial charge in [0.1, 0.15) is 5.82 Å². The molecule has 2 aromatic carbocycles. The number of hydrogen-bond acceptors (Lipinski definition) is 2. The van der Waals surface area contributed by atoms with Crippen LogP contribution in [0.4, 0.5) is 23.7 Å². The SMILES string of the molecule is O=C(NCCc1ccccc1F)NCC1CCN(c2ccc(F)c(F)c2)C1. The Kier molecular flexibility index (Phi) is 6.21. The van der Waals surface area contributed by atoms with Crippen molar-refractivity contribution in [2.75, 3.05) is 31.1 Å². The van der Waals surface area contributed by atoms with E-state index in [4.69, 9.17) is 0 Å². The van der Waals surface area contributed by atoms with E-state index in [0.717, 1.165) is 19.0 Å². The van der Waals surface area contributed by atoms with Crippen LogP contribution in [0.3, 0.4) is 0 Å². The second kappa shape index (κ2) is 8.79. The molecule has 3 rings (SSSR count). The predicted molar refractivity (Wildman–Crippen MR) is 98.2 cm³/mol. The van der Waals surface area contributed by atoms with Gasteiger partial charge < -0.3 is 15.5 Å². The second-order valence-electron chi connectivity index (χ2n) is 6.68. The van der Waals surface area contributed by atoms with Crippen molar-refractivity contribution in [1.29, 1.82) is 0 Å². The molecule has 4 nitrogen and oxygen atoms in total. The third kappa shape index (κ3) is 5.15. The number of rotatable bonds is 6. The molecule has 0 aromatic heterocycles. The highest BCUT2D eigenvalue weighted by Gasteiger charge is 2.23. The van der Waals surface area contributed by atoms with Crippen LogP contribution < -0.4 is 15.5 Å². The summed E-state index contributed by atoms with van der Waals surface area (Å²) in [6.45, 7) is 2.23. The van der Waals surface area contributed by atoms with Crippen LogP contribution >= 0.6 is 0 Å². The van der Waals surface area contributed by atoms with Crippen molar-refractivity contribution in [3.63, 3.8) is 0 Å². The van der Waals surface area contributed by atoms with Crippen molar-refractivity contribution in [3.8, 4) is 0 Å². The number of nitrogens with zero attached hydrogens (tertiary/aromatic N) is 1. The maximum Gasteiger partial charge on any atom is 0.314 e. The molecule has 1 unspecified atom stereocenters. The van der Waals surface area contributed by atoms with Crippen LogP contribution in [0.2, 0.25) is 0 Å². The molecule has 0 radical (unpaired) electrons. The van der Waals surface area contributed by atoms with Crippen LogP contribution in [0, 0.1) is 23.4 Å². The first-order chi connectivity index (χ1) is 13.0. The first kappa shape index (κ1) is 19.1. The fourth-order valence-corrected chi connectivity index (χ4v) is 3.23. The number of nitrogens with one attached hydrogen (secondary N) is 2. The minimum Gasteiger partial charge on any atom is -0.371 e. The Morgan fingerprint density at radius 3 is 2.63 bits per heavy atom. The van der Waals surface area contributed by atoms with Gasteiger partial charge >= 0.3 is 6.03 Å². The van der Waals surface area contributed by atoms with Gasteiger partial charge in [-0.3, -0.25) is 0 Å². The summed E-state index contributed by atoms with van der Waals surface area (Å²) in [6, 6.07) is 10.1. The Morgan fingerprint density at radius 2 is 1.85 bits per heavy atom. The normalized spacial score (nSPS) is 16.4. The van der Waals surface area contributed by atoms with Crippen molar-refractivity contribution in [2.24, 2.45) is 5.92 Å². The van der Waals surface area contributed by atoms with Crippen LogP contribution in [0.1, 0.15) is 12.0 Å². The first-order valence-electron chi connectivity index (χ1n) is 8.98.